The van der Waals surface area contributed by atoms with Gasteiger partial charge in [0.25, 0.3) is 0 Å². The minimum Gasteiger partial charge on any atom is -0.497 e. The number of anilines is 1. The van der Waals surface area contributed by atoms with Gasteiger partial charge in [-0.3, -0.25) is 0 Å². The lowest BCUT2D eigenvalue weighted by Gasteiger charge is -2.20. The Hall–Kier alpha value is -1.44. The van der Waals surface area contributed by atoms with Crippen LogP contribution in [0.25, 0.3) is 0 Å². The highest BCUT2D eigenvalue weighted by Crippen LogP contribution is 2.13. The Bertz CT molecular complexity index is 329. The van der Waals surface area contributed by atoms with E-state index in [1.165, 1.54) is 11.3 Å². The molecule has 15 heavy (non-hydrogen) atoms. The van der Waals surface area contributed by atoms with E-state index in [4.69, 9.17) is 4.74 Å². The summed E-state index contributed by atoms with van der Waals surface area (Å²) in [5.41, 5.74) is 2.45. The lowest BCUT2D eigenvalue weighted by molar-refractivity contribution is 0.135. The number of nitrogens with one attached hydrogen (secondary N) is 1. The molecule has 0 amide bonds. The van der Waals surface area contributed by atoms with E-state index >= 15 is 0 Å². The van der Waals surface area contributed by atoms with Gasteiger partial charge in [0.2, 0.25) is 0 Å². The Morgan fingerprint density at radius 3 is 2.80 bits per heavy atom. The fourth-order valence-corrected chi connectivity index (χ4v) is 1.64. The number of aryl methyl sites for hydroxylation is 1. The molecule has 0 bridgehead atoms. The normalized spacial score (nSPS) is 19.7. The molecule has 80 valence electrons. The van der Waals surface area contributed by atoms with Crippen molar-refractivity contribution in [3.8, 4) is 0 Å². The van der Waals surface area contributed by atoms with Crippen LogP contribution in [0, 0.1) is 6.92 Å². The van der Waals surface area contributed by atoms with Crippen LogP contribution in [0.4, 0.5) is 5.69 Å². The Morgan fingerprint density at radius 2 is 2.13 bits per heavy atom. The number of hydrogen-bond acceptors (Lipinski definition) is 2. The molecule has 1 N–H and O–H groups in total. The van der Waals surface area contributed by atoms with E-state index in [0.29, 0.717) is 6.10 Å². The molecular formula is C13H17NO. The average Bonchev–Trinajstić information content (AvgIpc) is 2.30. The van der Waals surface area contributed by atoms with Crippen molar-refractivity contribution in [3.63, 3.8) is 0 Å². The molecule has 0 aliphatic carbocycles. The summed E-state index contributed by atoms with van der Waals surface area (Å²) in [5, 5.41) is 3.38. The van der Waals surface area contributed by atoms with Gasteiger partial charge in [0.05, 0.1) is 12.8 Å². The molecule has 1 unspecified atom stereocenters. The summed E-state index contributed by atoms with van der Waals surface area (Å²) in [7, 11) is 0. The fraction of sp³-hybridized carbons (Fsp3) is 0.385. The monoisotopic (exact) mass is 203 g/mol. The second kappa shape index (κ2) is 4.87. The summed E-state index contributed by atoms with van der Waals surface area (Å²) in [4.78, 5) is 0. The van der Waals surface area contributed by atoms with Crippen LogP contribution < -0.4 is 5.32 Å². The second-order valence-corrected chi connectivity index (χ2v) is 3.95. The van der Waals surface area contributed by atoms with E-state index in [2.05, 4.69) is 42.6 Å². The van der Waals surface area contributed by atoms with E-state index < -0.39 is 0 Å². The molecule has 2 nitrogen and oxygen atoms in total. The summed E-state index contributed by atoms with van der Waals surface area (Å²) in [5.74, 6) is 0. The molecule has 0 spiro atoms. The zero-order valence-corrected chi connectivity index (χ0v) is 9.07. The Labute approximate surface area is 91.0 Å². The zero-order chi connectivity index (χ0) is 10.5. The van der Waals surface area contributed by atoms with Crippen LogP contribution in [0.2, 0.25) is 0 Å². The summed E-state index contributed by atoms with van der Waals surface area (Å²) in [6.07, 6.45) is 6.43. The highest BCUT2D eigenvalue weighted by molar-refractivity contribution is 5.44. The van der Waals surface area contributed by atoms with Gasteiger partial charge in [0, 0.05) is 5.69 Å². The first-order valence-electron chi connectivity index (χ1n) is 5.45. The quantitative estimate of drug-likeness (QED) is 0.815. The maximum atomic E-state index is 5.48. The van der Waals surface area contributed by atoms with Crippen LogP contribution in [0.1, 0.15) is 18.4 Å². The first kappa shape index (κ1) is 10.1. The van der Waals surface area contributed by atoms with Crippen molar-refractivity contribution in [3.05, 3.63) is 42.2 Å². The van der Waals surface area contributed by atoms with Gasteiger partial charge in [-0.05, 0) is 38.0 Å². The van der Waals surface area contributed by atoms with E-state index in [-0.39, 0.29) is 0 Å². The van der Waals surface area contributed by atoms with Crippen LogP contribution in [-0.4, -0.2) is 12.6 Å². The molecule has 0 saturated heterocycles. The minimum atomic E-state index is 0.316. The molecular weight excluding hydrogens is 186 g/mol. The molecule has 1 aromatic rings. The van der Waals surface area contributed by atoms with Crippen LogP contribution >= 0.6 is 0 Å². The van der Waals surface area contributed by atoms with Crippen LogP contribution in [0.3, 0.4) is 0 Å². The van der Waals surface area contributed by atoms with Gasteiger partial charge in [-0.25, -0.2) is 0 Å². The van der Waals surface area contributed by atoms with Crippen molar-refractivity contribution >= 4 is 5.69 Å². The van der Waals surface area contributed by atoms with Crippen molar-refractivity contribution in [2.24, 2.45) is 0 Å². The first-order valence-corrected chi connectivity index (χ1v) is 5.45. The molecule has 1 aliphatic rings. The molecule has 0 saturated carbocycles. The molecule has 0 radical (unpaired) electrons. The SMILES string of the molecule is Cc1ccc(NCC2CCC=CO2)cc1. The molecule has 1 heterocycles. The lowest BCUT2D eigenvalue weighted by Crippen LogP contribution is -2.22. The van der Waals surface area contributed by atoms with Crippen molar-refractivity contribution < 1.29 is 4.74 Å². The van der Waals surface area contributed by atoms with Crippen molar-refractivity contribution in [1.29, 1.82) is 0 Å². The summed E-state index contributed by atoms with van der Waals surface area (Å²) in [6, 6.07) is 8.44. The van der Waals surface area contributed by atoms with Crippen LogP contribution in [0.5, 0.6) is 0 Å². The predicted octanol–water partition coefficient (Wildman–Crippen LogP) is 3.10. The number of rotatable bonds is 3. The minimum absolute atomic E-state index is 0.316. The van der Waals surface area contributed by atoms with Crippen LogP contribution in [-0.2, 0) is 4.74 Å². The lowest BCUT2D eigenvalue weighted by atomic mass is 10.1. The molecule has 2 heteroatoms. The topological polar surface area (TPSA) is 21.3 Å². The van der Waals surface area contributed by atoms with Gasteiger partial charge in [0.15, 0.2) is 0 Å². The third kappa shape index (κ3) is 3.01. The van der Waals surface area contributed by atoms with Crippen molar-refractivity contribution in [2.75, 3.05) is 11.9 Å². The average molecular weight is 203 g/mol. The maximum Gasteiger partial charge on any atom is 0.115 e. The molecule has 1 aromatic carbocycles. The van der Waals surface area contributed by atoms with Gasteiger partial charge >= 0.3 is 0 Å². The molecule has 0 aromatic heterocycles. The van der Waals surface area contributed by atoms with E-state index in [0.717, 1.165) is 19.4 Å². The van der Waals surface area contributed by atoms with Gasteiger partial charge < -0.3 is 10.1 Å². The van der Waals surface area contributed by atoms with Crippen molar-refractivity contribution in [1.82, 2.24) is 0 Å². The second-order valence-electron chi connectivity index (χ2n) is 3.95. The maximum absolute atomic E-state index is 5.48. The Kier molecular flexibility index (Phi) is 3.28. The van der Waals surface area contributed by atoms with Gasteiger partial charge in [0.1, 0.15) is 6.10 Å². The van der Waals surface area contributed by atoms with Crippen LogP contribution in [0.15, 0.2) is 36.6 Å². The third-order valence-electron chi connectivity index (χ3n) is 2.61. The number of allylic oxidation sites excluding steroid dienone is 1. The third-order valence-corrected chi connectivity index (χ3v) is 2.61. The largest absolute Gasteiger partial charge is 0.497 e. The standard InChI is InChI=1S/C13H17NO/c1-11-5-7-12(8-6-11)14-10-13-4-2-3-9-15-13/h3,5-9,13-14H,2,4,10H2,1H3. The predicted molar refractivity (Wildman–Crippen MR) is 62.9 cm³/mol. The Balaban J connectivity index is 1.82. The van der Waals surface area contributed by atoms with Gasteiger partial charge in [-0.2, -0.15) is 0 Å². The first-order chi connectivity index (χ1) is 7.34. The van der Waals surface area contributed by atoms with E-state index in [1.54, 1.807) is 0 Å². The fourth-order valence-electron chi connectivity index (χ4n) is 1.64. The Morgan fingerprint density at radius 1 is 1.33 bits per heavy atom. The number of benzene rings is 1. The number of hydrogen-bond donors (Lipinski definition) is 1. The molecule has 1 atom stereocenters. The molecule has 0 fully saturated rings. The summed E-state index contributed by atoms with van der Waals surface area (Å²) in [6.45, 7) is 2.98. The zero-order valence-electron chi connectivity index (χ0n) is 9.07. The number of ether oxygens (including phenoxy) is 1. The smallest absolute Gasteiger partial charge is 0.115 e. The summed E-state index contributed by atoms with van der Waals surface area (Å²) >= 11 is 0. The molecule has 2 rings (SSSR count). The van der Waals surface area contributed by atoms with Crippen molar-refractivity contribution in [2.45, 2.75) is 25.9 Å². The van der Waals surface area contributed by atoms with Gasteiger partial charge in [-0.1, -0.05) is 17.7 Å². The van der Waals surface area contributed by atoms with E-state index in [1.807, 2.05) is 6.26 Å². The highest BCUT2D eigenvalue weighted by atomic mass is 16.5. The molecule has 1 aliphatic heterocycles. The van der Waals surface area contributed by atoms with E-state index in [9.17, 15) is 0 Å². The highest BCUT2D eigenvalue weighted by Gasteiger charge is 2.09. The summed E-state index contributed by atoms with van der Waals surface area (Å²) < 4.78 is 5.48. The van der Waals surface area contributed by atoms with Gasteiger partial charge in [-0.15, -0.1) is 0 Å².